The number of hydrogen-bond acceptors (Lipinski definition) is 3. The van der Waals surface area contributed by atoms with Crippen LogP contribution in [0.15, 0.2) is 47.8 Å². The van der Waals surface area contributed by atoms with Crippen LogP contribution in [0.1, 0.15) is 31.4 Å². The van der Waals surface area contributed by atoms with Gasteiger partial charge in [0.25, 0.3) is 0 Å². The fourth-order valence-electron chi connectivity index (χ4n) is 2.97. The molecule has 1 aromatic heterocycles. The number of nitrogens with zero attached hydrogens (tertiary/aromatic N) is 1. The molecule has 6 heteroatoms. The highest BCUT2D eigenvalue weighted by molar-refractivity contribution is 6.30. The summed E-state index contributed by atoms with van der Waals surface area (Å²) in [5.41, 5.74) is 2.72. The van der Waals surface area contributed by atoms with Crippen LogP contribution in [-0.4, -0.2) is 16.8 Å². The number of hydrogen-bond donors (Lipinski definition) is 2. The number of amides is 1. The second kappa shape index (κ2) is 8.02. The molecule has 1 aliphatic rings. The molecule has 1 atom stereocenters. The molecule has 3 rings (SSSR count). The van der Waals surface area contributed by atoms with Crippen LogP contribution in [0.3, 0.4) is 0 Å². The smallest absolute Gasteiger partial charge is 0.365 e. The van der Waals surface area contributed by atoms with E-state index in [0.29, 0.717) is 16.6 Å². The molecule has 1 aliphatic carbocycles. The van der Waals surface area contributed by atoms with Crippen LogP contribution in [0.4, 0.5) is 10.5 Å². The Labute approximate surface area is 146 Å². The molecule has 2 N–H and O–H groups in total. The van der Waals surface area contributed by atoms with Gasteiger partial charge in [0.05, 0.1) is 5.71 Å². The lowest BCUT2D eigenvalue weighted by Gasteiger charge is -2.22. The number of aromatic amines is 1. The molecule has 1 fully saturated rings. The number of carbonyl (C=O) groups excluding carboxylic acids is 1. The standard InChI is InChI=1S/C18H20ClN3O2/c19-14-6-3-7-16(12-14)21-18(23)24-22-17-9-2-1-5-13(17)11-15-8-4-10-20-15/h3-4,6-8,10,12-13,20H,1-2,5,9,11H2,(H,21,23)/b22-17+. The highest BCUT2D eigenvalue weighted by Crippen LogP contribution is 2.25. The van der Waals surface area contributed by atoms with Crippen molar-refractivity contribution in [2.75, 3.05) is 5.32 Å². The Morgan fingerprint density at radius 2 is 2.25 bits per heavy atom. The Kier molecular flexibility index (Phi) is 5.54. The maximum Gasteiger partial charge on any atom is 0.437 e. The first-order valence-corrected chi connectivity index (χ1v) is 8.51. The van der Waals surface area contributed by atoms with E-state index >= 15 is 0 Å². The molecule has 0 bridgehead atoms. The number of anilines is 1. The van der Waals surface area contributed by atoms with Gasteiger partial charge in [0.15, 0.2) is 0 Å². The summed E-state index contributed by atoms with van der Waals surface area (Å²) in [5.74, 6) is 0.316. The molecule has 2 aromatic rings. The first-order valence-electron chi connectivity index (χ1n) is 8.13. The molecule has 1 aromatic carbocycles. The molecule has 24 heavy (non-hydrogen) atoms. The zero-order valence-electron chi connectivity index (χ0n) is 13.3. The van der Waals surface area contributed by atoms with Crippen LogP contribution < -0.4 is 5.32 Å². The SMILES string of the molecule is O=C(Nc1cccc(Cl)c1)O/N=C1\CCCCC1Cc1ccc[nH]1. The molecule has 1 unspecified atom stereocenters. The van der Waals surface area contributed by atoms with Crippen LogP contribution in [0.2, 0.25) is 5.02 Å². The van der Waals surface area contributed by atoms with Gasteiger partial charge in [-0.2, -0.15) is 0 Å². The lowest BCUT2D eigenvalue weighted by molar-refractivity contribution is 0.165. The van der Waals surface area contributed by atoms with Crippen molar-refractivity contribution in [2.45, 2.75) is 32.1 Å². The molecule has 0 spiro atoms. The highest BCUT2D eigenvalue weighted by Gasteiger charge is 2.22. The minimum atomic E-state index is -0.603. The topological polar surface area (TPSA) is 66.5 Å². The molecule has 1 amide bonds. The minimum absolute atomic E-state index is 0.316. The number of H-pyrrole nitrogens is 1. The van der Waals surface area contributed by atoms with Gasteiger partial charge < -0.3 is 4.98 Å². The fourth-order valence-corrected chi connectivity index (χ4v) is 3.16. The molecule has 5 nitrogen and oxygen atoms in total. The Hall–Kier alpha value is -2.27. The van der Waals surface area contributed by atoms with Gasteiger partial charge in [-0.1, -0.05) is 29.2 Å². The number of rotatable bonds is 4. The predicted octanol–water partition coefficient (Wildman–Crippen LogP) is 5.01. The lowest BCUT2D eigenvalue weighted by Crippen LogP contribution is -2.23. The Balaban J connectivity index is 1.59. The van der Waals surface area contributed by atoms with Crippen molar-refractivity contribution in [3.05, 3.63) is 53.3 Å². The van der Waals surface area contributed by atoms with Gasteiger partial charge in [0, 0.05) is 28.5 Å². The summed E-state index contributed by atoms with van der Waals surface area (Å²) in [7, 11) is 0. The summed E-state index contributed by atoms with van der Waals surface area (Å²) < 4.78 is 0. The van der Waals surface area contributed by atoms with E-state index in [1.165, 1.54) is 12.1 Å². The lowest BCUT2D eigenvalue weighted by atomic mass is 9.84. The maximum absolute atomic E-state index is 11.9. The van der Waals surface area contributed by atoms with Gasteiger partial charge in [0.2, 0.25) is 0 Å². The number of halogens is 1. The van der Waals surface area contributed by atoms with Gasteiger partial charge in [0.1, 0.15) is 0 Å². The van der Waals surface area contributed by atoms with E-state index in [9.17, 15) is 4.79 Å². The maximum atomic E-state index is 11.9. The second-order valence-electron chi connectivity index (χ2n) is 5.94. The van der Waals surface area contributed by atoms with Crippen LogP contribution in [0.25, 0.3) is 0 Å². The fraction of sp³-hybridized carbons (Fsp3) is 0.333. The van der Waals surface area contributed by atoms with Crippen molar-refractivity contribution < 1.29 is 9.63 Å². The second-order valence-corrected chi connectivity index (χ2v) is 6.38. The van der Waals surface area contributed by atoms with Gasteiger partial charge in [-0.25, -0.2) is 4.79 Å². The van der Waals surface area contributed by atoms with Crippen molar-refractivity contribution >= 4 is 29.1 Å². The number of oxime groups is 1. The van der Waals surface area contributed by atoms with E-state index in [0.717, 1.165) is 31.4 Å². The van der Waals surface area contributed by atoms with Gasteiger partial charge in [-0.15, -0.1) is 0 Å². The highest BCUT2D eigenvalue weighted by atomic mass is 35.5. The van der Waals surface area contributed by atoms with Crippen molar-refractivity contribution in [3.8, 4) is 0 Å². The third-order valence-corrected chi connectivity index (χ3v) is 4.39. The summed E-state index contributed by atoms with van der Waals surface area (Å²) in [5, 5.41) is 7.30. The predicted molar refractivity (Wildman–Crippen MR) is 95.4 cm³/mol. The average molecular weight is 346 g/mol. The molecule has 1 heterocycles. The van der Waals surface area contributed by atoms with Crippen molar-refractivity contribution in [1.82, 2.24) is 4.98 Å². The van der Waals surface area contributed by atoms with E-state index < -0.39 is 6.09 Å². The molecule has 1 saturated carbocycles. The third-order valence-electron chi connectivity index (χ3n) is 4.15. The van der Waals surface area contributed by atoms with Crippen molar-refractivity contribution in [1.29, 1.82) is 0 Å². The number of benzene rings is 1. The average Bonchev–Trinajstić information content (AvgIpc) is 3.07. The Morgan fingerprint density at radius 3 is 3.04 bits per heavy atom. The molecular formula is C18H20ClN3O2. The van der Waals surface area contributed by atoms with E-state index in [4.69, 9.17) is 16.4 Å². The summed E-state index contributed by atoms with van der Waals surface area (Å²) in [6.07, 6.45) is 6.41. The van der Waals surface area contributed by atoms with E-state index in [1.807, 2.05) is 12.3 Å². The molecule has 126 valence electrons. The molecule has 0 radical (unpaired) electrons. The number of carbonyl (C=O) groups is 1. The first-order chi connectivity index (χ1) is 11.7. The third kappa shape index (κ3) is 4.61. The van der Waals surface area contributed by atoms with Crippen LogP contribution in [-0.2, 0) is 11.3 Å². The van der Waals surface area contributed by atoms with Gasteiger partial charge in [-0.3, -0.25) is 10.2 Å². The first kappa shape index (κ1) is 16.6. The van der Waals surface area contributed by atoms with E-state index in [1.54, 1.807) is 24.3 Å². The quantitative estimate of drug-likeness (QED) is 0.604. The van der Waals surface area contributed by atoms with E-state index in [2.05, 4.69) is 21.5 Å². The Morgan fingerprint density at radius 1 is 1.33 bits per heavy atom. The van der Waals surface area contributed by atoms with Gasteiger partial charge >= 0.3 is 6.09 Å². The van der Waals surface area contributed by atoms with E-state index in [-0.39, 0.29) is 0 Å². The van der Waals surface area contributed by atoms with Crippen LogP contribution in [0.5, 0.6) is 0 Å². The summed E-state index contributed by atoms with van der Waals surface area (Å²) in [6, 6.07) is 11.0. The summed E-state index contributed by atoms with van der Waals surface area (Å²) in [6.45, 7) is 0. The zero-order valence-corrected chi connectivity index (χ0v) is 14.1. The zero-order chi connectivity index (χ0) is 16.8. The molecular weight excluding hydrogens is 326 g/mol. The molecule has 0 saturated heterocycles. The summed E-state index contributed by atoms with van der Waals surface area (Å²) in [4.78, 5) is 20.2. The Bertz CT molecular complexity index is 713. The van der Waals surface area contributed by atoms with Gasteiger partial charge in [-0.05, 0) is 56.0 Å². The number of nitrogens with one attached hydrogen (secondary N) is 2. The monoisotopic (exact) mass is 345 g/mol. The van der Waals surface area contributed by atoms with Crippen LogP contribution >= 0.6 is 11.6 Å². The van der Waals surface area contributed by atoms with Crippen LogP contribution in [0, 0.1) is 5.92 Å². The normalized spacial score (nSPS) is 19.2. The van der Waals surface area contributed by atoms with Crippen molar-refractivity contribution in [3.63, 3.8) is 0 Å². The minimum Gasteiger partial charge on any atom is -0.365 e. The van der Waals surface area contributed by atoms with Crippen molar-refractivity contribution in [2.24, 2.45) is 11.1 Å². The molecule has 0 aliphatic heterocycles. The number of aromatic nitrogens is 1. The largest absolute Gasteiger partial charge is 0.437 e. The summed E-state index contributed by atoms with van der Waals surface area (Å²) >= 11 is 5.89.